The minimum absolute atomic E-state index is 0.273. The standard InChI is InChI=1S/C8H13N4O8P/c9-7-10-2-12(8(15)11-7)6-5(14)4(13)3(20-6)1-19-21(16,17)18/h2-6,13-14H,1H2,(H2,9,11,15)(H2,16,17,18). The van der Waals surface area contributed by atoms with Gasteiger partial charge in [0.1, 0.15) is 24.6 Å². The van der Waals surface area contributed by atoms with Crippen LogP contribution < -0.4 is 11.4 Å². The molecule has 13 heteroatoms. The number of aliphatic hydroxyl groups is 2. The van der Waals surface area contributed by atoms with Gasteiger partial charge in [0.05, 0.1) is 6.61 Å². The monoisotopic (exact) mass is 324 g/mol. The van der Waals surface area contributed by atoms with Crippen LogP contribution in [0, 0.1) is 0 Å². The van der Waals surface area contributed by atoms with Crippen molar-refractivity contribution in [3.05, 3.63) is 16.8 Å². The van der Waals surface area contributed by atoms with Crippen molar-refractivity contribution in [2.24, 2.45) is 0 Å². The van der Waals surface area contributed by atoms with Crippen LogP contribution in [0.25, 0.3) is 0 Å². The summed E-state index contributed by atoms with van der Waals surface area (Å²) in [4.78, 5) is 35.7. The van der Waals surface area contributed by atoms with Crippen LogP contribution in [0.3, 0.4) is 0 Å². The Hall–Kier alpha value is -1.40. The van der Waals surface area contributed by atoms with Gasteiger partial charge in [-0.3, -0.25) is 9.09 Å². The van der Waals surface area contributed by atoms with Crippen molar-refractivity contribution in [3.8, 4) is 0 Å². The molecule has 0 radical (unpaired) electrons. The molecule has 4 unspecified atom stereocenters. The molecule has 0 amide bonds. The fraction of sp³-hybridized carbons (Fsp3) is 0.625. The number of nitrogens with two attached hydrogens (primary N) is 1. The zero-order valence-corrected chi connectivity index (χ0v) is 11.3. The van der Waals surface area contributed by atoms with E-state index in [1.54, 1.807) is 0 Å². The van der Waals surface area contributed by atoms with Crippen molar-refractivity contribution in [1.82, 2.24) is 14.5 Å². The summed E-state index contributed by atoms with van der Waals surface area (Å²) in [6.45, 7) is -0.677. The molecule has 2 rings (SSSR count). The van der Waals surface area contributed by atoms with Gasteiger partial charge in [0.15, 0.2) is 6.23 Å². The van der Waals surface area contributed by atoms with Crippen molar-refractivity contribution in [3.63, 3.8) is 0 Å². The summed E-state index contributed by atoms with van der Waals surface area (Å²) in [7, 11) is -4.75. The fourth-order valence-corrected chi connectivity index (χ4v) is 2.14. The number of hydrogen-bond donors (Lipinski definition) is 5. The molecule has 2 heterocycles. The number of rotatable bonds is 4. The lowest BCUT2D eigenvalue weighted by atomic mass is 10.1. The maximum Gasteiger partial charge on any atom is 0.469 e. The summed E-state index contributed by atoms with van der Waals surface area (Å²) in [5, 5.41) is 19.6. The number of phosphoric ester groups is 1. The van der Waals surface area contributed by atoms with Gasteiger partial charge in [0.2, 0.25) is 5.95 Å². The Morgan fingerprint density at radius 3 is 2.67 bits per heavy atom. The molecule has 1 saturated heterocycles. The van der Waals surface area contributed by atoms with Crippen molar-refractivity contribution in [2.45, 2.75) is 24.5 Å². The molecule has 118 valence electrons. The van der Waals surface area contributed by atoms with E-state index in [-0.39, 0.29) is 5.95 Å². The van der Waals surface area contributed by atoms with Crippen LogP contribution in [0.4, 0.5) is 5.95 Å². The number of hydrogen-bond acceptors (Lipinski definition) is 9. The van der Waals surface area contributed by atoms with E-state index in [1.807, 2.05) is 0 Å². The third-order valence-electron chi connectivity index (χ3n) is 2.76. The minimum atomic E-state index is -4.75. The van der Waals surface area contributed by atoms with Gasteiger partial charge in [-0.2, -0.15) is 4.98 Å². The Morgan fingerprint density at radius 1 is 1.43 bits per heavy atom. The smallest absolute Gasteiger partial charge is 0.387 e. The van der Waals surface area contributed by atoms with Crippen molar-refractivity contribution < 1.29 is 33.8 Å². The predicted molar refractivity (Wildman–Crippen MR) is 64.6 cm³/mol. The Bertz CT molecular complexity index is 617. The third-order valence-corrected chi connectivity index (χ3v) is 3.25. The van der Waals surface area contributed by atoms with Gasteiger partial charge in [-0.05, 0) is 0 Å². The average molecular weight is 324 g/mol. The van der Waals surface area contributed by atoms with E-state index in [4.69, 9.17) is 20.3 Å². The van der Waals surface area contributed by atoms with Crippen molar-refractivity contribution in [1.29, 1.82) is 0 Å². The van der Waals surface area contributed by atoms with Crippen LogP contribution in [0.1, 0.15) is 6.23 Å². The number of aromatic nitrogens is 3. The van der Waals surface area contributed by atoms with Gasteiger partial charge in [-0.25, -0.2) is 14.3 Å². The van der Waals surface area contributed by atoms with Gasteiger partial charge in [-0.1, -0.05) is 0 Å². The number of aliphatic hydroxyl groups excluding tert-OH is 2. The van der Waals surface area contributed by atoms with E-state index in [1.165, 1.54) is 0 Å². The molecule has 6 N–H and O–H groups in total. The van der Waals surface area contributed by atoms with Gasteiger partial charge >= 0.3 is 13.5 Å². The zero-order valence-electron chi connectivity index (χ0n) is 10.4. The molecule has 12 nitrogen and oxygen atoms in total. The summed E-state index contributed by atoms with van der Waals surface area (Å²) in [6.07, 6.45) is -4.68. The fourth-order valence-electron chi connectivity index (χ4n) is 1.80. The van der Waals surface area contributed by atoms with Gasteiger partial charge in [0, 0.05) is 0 Å². The van der Waals surface area contributed by atoms with Crippen LogP contribution >= 0.6 is 7.82 Å². The molecular formula is C8H13N4O8P. The molecule has 0 aromatic carbocycles. The van der Waals surface area contributed by atoms with E-state index >= 15 is 0 Å². The van der Waals surface area contributed by atoms with E-state index < -0.39 is 44.7 Å². The summed E-state index contributed by atoms with van der Waals surface area (Å²) in [5.74, 6) is -0.273. The lowest BCUT2D eigenvalue weighted by molar-refractivity contribution is -0.0547. The number of nitrogens with zero attached hydrogens (tertiary/aromatic N) is 3. The first kappa shape index (κ1) is 16.0. The summed E-state index contributed by atoms with van der Waals surface area (Å²) < 4.78 is 20.8. The van der Waals surface area contributed by atoms with E-state index in [0.29, 0.717) is 0 Å². The first-order valence-corrected chi connectivity index (χ1v) is 7.14. The van der Waals surface area contributed by atoms with Gasteiger partial charge < -0.3 is 30.5 Å². The Kier molecular flexibility index (Phi) is 4.39. The van der Waals surface area contributed by atoms with E-state index in [2.05, 4.69) is 14.5 Å². The molecule has 0 spiro atoms. The first-order chi connectivity index (χ1) is 9.69. The highest BCUT2D eigenvalue weighted by Gasteiger charge is 2.45. The van der Waals surface area contributed by atoms with Gasteiger partial charge in [0.25, 0.3) is 0 Å². The Balaban J connectivity index is 2.16. The minimum Gasteiger partial charge on any atom is -0.387 e. The summed E-state index contributed by atoms with van der Waals surface area (Å²) >= 11 is 0. The molecule has 21 heavy (non-hydrogen) atoms. The van der Waals surface area contributed by atoms with Crippen LogP contribution in [0.5, 0.6) is 0 Å². The van der Waals surface area contributed by atoms with Crippen LogP contribution in [-0.2, 0) is 13.8 Å². The number of anilines is 1. The van der Waals surface area contributed by atoms with Crippen LogP contribution in [0.2, 0.25) is 0 Å². The third kappa shape index (κ3) is 3.63. The van der Waals surface area contributed by atoms with E-state index in [0.717, 1.165) is 10.9 Å². The number of ether oxygens (including phenoxy) is 1. The second-order valence-electron chi connectivity index (χ2n) is 4.24. The zero-order chi connectivity index (χ0) is 15.8. The van der Waals surface area contributed by atoms with Crippen LogP contribution in [-0.4, -0.2) is 59.5 Å². The number of nitrogen functional groups attached to an aromatic ring is 1. The molecule has 0 saturated carbocycles. The molecule has 1 aliphatic rings. The summed E-state index contributed by atoms with van der Waals surface area (Å²) in [6, 6.07) is 0. The second-order valence-corrected chi connectivity index (χ2v) is 5.48. The molecule has 4 atom stereocenters. The molecule has 1 aliphatic heterocycles. The molecule has 0 aliphatic carbocycles. The highest BCUT2D eigenvalue weighted by molar-refractivity contribution is 7.46. The quantitative estimate of drug-likeness (QED) is 0.353. The maximum absolute atomic E-state index is 11.6. The largest absolute Gasteiger partial charge is 0.469 e. The topological polar surface area (TPSA) is 190 Å². The highest BCUT2D eigenvalue weighted by atomic mass is 31.2. The average Bonchev–Trinajstić information content (AvgIpc) is 2.64. The highest BCUT2D eigenvalue weighted by Crippen LogP contribution is 2.38. The second kappa shape index (κ2) is 5.77. The Labute approximate surface area is 117 Å². The lowest BCUT2D eigenvalue weighted by Crippen LogP contribution is -2.36. The van der Waals surface area contributed by atoms with Gasteiger partial charge in [-0.15, -0.1) is 0 Å². The van der Waals surface area contributed by atoms with Crippen molar-refractivity contribution >= 4 is 13.8 Å². The Morgan fingerprint density at radius 2 is 2.10 bits per heavy atom. The molecule has 1 aromatic rings. The first-order valence-electron chi connectivity index (χ1n) is 5.61. The molecule has 0 bridgehead atoms. The SMILES string of the molecule is Nc1ncn(C2OC(COP(=O)(O)O)C(O)C2O)c(=O)n1. The molecule has 1 fully saturated rings. The summed E-state index contributed by atoms with van der Waals surface area (Å²) in [5.41, 5.74) is 4.35. The maximum atomic E-state index is 11.6. The number of phosphoric acid groups is 1. The van der Waals surface area contributed by atoms with Crippen molar-refractivity contribution in [2.75, 3.05) is 12.3 Å². The molecular weight excluding hydrogens is 311 g/mol. The molecule has 1 aromatic heterocycles. The predicted octanol–water partition coefficient (Wildman–Crippen LogP) is -3.05. The normalized spacial score (nSPS) is 29.7. The lowest BCUT2D eigenvalue weighted by Gasteiger charge is -2.16. The van der Waals surface area contributed by atoms with E-state index in [9.17, 15) is 19.6 Å². The van der Waals surface area contributed by atoms with Crippen LogP contribution in [0.15, 0.2) is 11.1 Å².